The molecule has 4 aromatic rings. The molecule has 0 unspecified atom stereocenters. The van der Waals surface area contributed by atoms with Crippen LogP contribution in [0.4, 0.5) is 4.39 Å². The van der Waals surface area contributed by atoms with E-state index in [0.29, 0.717) is 17.1 Å². The van der Waals surface area contributed by atoms with Gasteiger partial charge in [0.2, 0.25) is 0 Å². The van der Waals surface area contributed by atoms with Crippen LogP contribution >= 0.6 is 11.6 Å². The summed E-state index contributed by atoms with van der Waals surface area (Å²) < 4.78 is 17.5. The van der Waals surface area contributed by atoms with Crippen LogP contribution in [0.15, 0.2) is 54.7 Å². The van der Waals surface area contributed by atoms with Gasteiger partial charge in [-0.3, -0.25) is 0 Å². The maximum atomic E-state index is 13.5. The van der Waals surface area contributed by atoms with Gasteiger partial charge < -0.3 is 4.57 Å². The third kappa shape index (κ3) is 2.91. The standard InChI is InChI=1S/C19H16ClFN4/c1-2-24-18-7-6-13(20)10-17(18)23-19(24)12-16-8-9-22-25(16)15-5-3-4-14(21)11-15/h3-11H,2,12H2,1H3. The molecule has 0 aliphatic heterocycles. The lowest BCUT2D eigenvalue weighted by Crippen LogP contribution is -2.07. The Morgan fingerprint density at radius 2 is 2.00 bits per heavy atom. The molecule has 126 valence electrons. The van der Waals surface area contributed by atoms with Crippen molar-refractivity contribution >= 4 is 22.6 Å². The summed E-state index contributed by atoms with van der Waals surface area (Å²) in [6, 6.07) is 14.1. The lowest BCUT2D eigenvalue weighted by atomic mass is 10.2. The first-order chi connectivity index (χ1) is 12.2. The molecule has 2 aromatic heterocycles. The molecule has 4 rings (SSSR count). The number of hydrogen-bond donors (Lipinski definition) is 0. The summed E-state index contributed by atoms with van der Waals surface area (Å²) in [7, 11) is 0. The van der Waals surface area contributed by atoms with Gasteiger partial charge in [-0.15, -0.1) is 0 Å². The van der Waals surface area contributed by atoms with Crippen molar-refractivity contribution in [2.75, 3.05) is 0 Å². The Morgan fingerprint density at radius 1 is 1.12 bits per heavy atom. The molecule has 0 saturated carbocycles. The van der Waals surface area contributed by atoms with Crippen LogP contribution < -0.4 is 0 Å². The predicted molar refractivity (Wildman–Crippen MR) is 96.7 cm³/mol. The van der Waals surface area contributed by atoms with Crippen molar-refractivity contribution in [3.63, 3.8) is 0 Å². The summed E-state index contributed by atoms with van der Waals surface area (Å²) in [5, 5.41) is 5.01. The SMILES string of the molecule is CCn1c(Cc2ccnn2-c2cccc(F)c2)nc2cc(Cl)ccc21. The second kappa shape index (κ2) is 6.33. The molecule has 2 heterocycles. The van der Waals surface area contributed by atoms with E-state index >= 15 is 0 Å². The molecule has 0 N–H and O–H groups in total. The summed E-state index contributed by atoms with van der Waals surface area (Å²) in [5.74, 6) is 0.646. The van der Waals surface area contributed by atoms with Gasteiger partial charge in [0.25, 0.3) is 0 Å². The lowest BCUT2D eigenvalue weighted by molar-refractivity contribution is 0.624. The molecule has 2 aromatic carbocycles. The molecule has 0 saturated heterocycles. The van der Waals surface area contributed by atoms with Gasteiger partial charge >= 0.3 is 0 Å². The molecule has 0 aliphatic carbocycles. The van der Waals surface area contributed by atoms with Crippen molar-refractivity contribution in [3.05, 3.63) is 77.1 Å². The highest BCUT2D eigenvalue weighted by Crippen LogP contribution is 2.23. The predicted octanol–water partition coefficient (Wildman–Crippen LogP) is 4.63. The second-order valence-electron chi connectivity index (χ2n) is 5.80. The zero-order chi connectivity index (χ0) is 17.4. The van der Waals surface area contributed by atoms with E-state index < -0.39 is 0 Å². The van der Waals surface area contributed by atoms with Crippen LogP contribution in [0.25, 0.3) is 16.7 Å². The number of imidazole rings is 1. The van der Waals surface area contributed by atoms with Gasteiger partial charge in [0.15, 0.2) is 0 Å². The molecule has 6 heteroatoms. The molecular weight excluding hydrogens is 339 g/mol. The molecular formula is C19H16ClFN4. The largest absolute Gasteiger partial charge is 0.328 e. The van der Waals surface area contributed by atoms with E-state index in [1.807, 2.05) is 30.3 Å². The van der Waals surface area contributed by atoms with Crippen molar-refractivity contribution in [1.82, 2.24) is 19.3 Å². The van der Waals surface area contributed by atoms with Gasteiger partial charge in [0, 0.05) is 24.2 Å². The van der Waals surface area contributed by atoms with Crippen molar-refractivity contribution in [1.29, 1.82) is 0 Å². The van der Waals surface area contributed by atoms with E-state index in [-0.39, 0.29) is 5.82 Å². The highest BCUT2D eigenvalue weighted by Gasteiger charge is 2.14. The van der Waals surface area contributed by atoms with Gasteiger partial charge in [0.1, 0.15) is 11.6 Å². The molecule has 0 fully saturated rings. The highest BCUT2D eigenvalue weighted by atomic mass is 35.5. The van der Waals surface area contributed by atoms with Crippen molar-refractivity contribution in [2.24, 2.45) is 0 Å². The lowest BCUT2D eigenvalue weighted by Gasteiger charge is -2.09. The topological polar surface area (TPSA) is 35.6 Å². The number of rotatable bonds is 4. The monoisotopic (exact) mass is 354 g/mol. The maximum absolute atomic E-state index is 13.5. The average molecular weight is 355 g/mol. The number of aryl methyl sites for hydroxylation is 1. The molecule has 0 atom stereocenters. The van der Waals surface area contributed by atoms with E-state index in [9.17, 15) is 4.39 Å². The fourth-order valence-electron chi connectivity index (χ4n) is 3.11. The number of benzene rings is 2. The Kier molecular flexibility index (Phi) is 4.01. The number of nitrogens with zero attached hydrogens (tertiary/aromatic N) is 4. The van der Waals surface area contributed by atoms with Gasteiger partial charge in [-0.2, -0.15) is 5.10 Å². The van der Waals surface area contributed by atoms with Crippen LogP contribution in [0, 0.1) is 5.82 Å². The van der Waals surface area contributed by atoms with E-state index in [2.05, 4.69) is 16.6 Å². The minimum Gasteiger partial charge on any atom is -0.328 e. The average Bonchev–Trinajstić information content (AvgIpc) is 3.18. The van der Waals surface area contributed by atoms with Crippen molar-refractivity contribution < 1.29 is 4.39 Å². The van der Waals surface area contributed by atoms with Crippen LogP contribution in [-0.4, -0.2) is 19.3 Å². The Balaban J connectivity index is 1.77. The first-order valence-electron chi connectivity index (χ1n) is 8.09. The summed E-state index contributed by atoms with van der Waals surface area (Å²) in [5.41, 5.74) is 3.57. The maximum Gasteiger partial charge on any atom is 0.125 e. The van der Waals surface area contributed by atoms with Crippen molar-refractivity contribution in [2.45, 2.75) is 19.9 Å². The minimum absolute atomic E-state index is 0.283. The molecule has 0 bridgehead atoms. The van der Waals surface area contributed by atoms with Crippen LogP contribution in [0.2, 0.25) is 5.02 Å². The van der Waals surface area contributed by atoms with E-state index in [4.69, 9.17) is 16.6 Å². The van der Waals surface area contributed by atoms with Crippen LogP contribution in [0.3, 0.4) is 0 Å². The first-order valence-corrected chi connectivity index (χ1v) is 8.47. The Bertz CT molecular complexity index is 1050. The molecule has 0 aliphatic rings. The Morgan fingerprint density at radius 3 is 2.80 bits per heavy atom. The number of halogens is 2. The Hall–Kier alpha value is -2.66. The Labute approximate surface area is 149 Å². The normalized spacial score (nSPS) is 11.3. The van der Waals surface area contributed by atoms with Crippen LogP contribution in [-0.2, 0) is 13.0 Å². The number of aromatic nitrogens is 4. The fraction of sp³-hybridized carbons (Fsp3) is 0.158. The molecule has 0 amide bonds. The van der Waals surface area contributed by atoms with Gasteiger partial charge in [-0.25, -0.2) is 14.1 Å². The molecule has 0 spiro atoms. The summed E-state index contributed by atoms with van der Waals surface area (Å²) in [4.78, 5) is 4.73. The number of hydrogen-bond acceptors (Lipinski definition) is 2. The van der Waals surface area contributed by atoms with E-state index in [1.165, 1.54) is 12.1 Å². The van der Waals surface area contributed by atoms with Gasteiger partial charge in [-0.1, -0.05) is 17.7 Å². The van der Waals surface area contributed by atoms with Crippen LogP contribution in [0.5, 0.6) is 0 Å². The smallest absolute Gasteiger partial charge is 0.125 e. The molecule has 0 radical (unpaired) electrons. The number of fused-ring (bicyclic) bond motifs is 1. The highest BCUT2D eigenvalue weighted by molar-refractivity contribution is 6.31. The van der Waals surface area contributed by atoms with Crippen molar-refractivity contribution in [3.8, 4) is 5.69 Å². The van der Waals surface area contributed by atoms with E-state index in [1.54, 1.807) is 16.9 Å². The zero-order valence-corrected chi connectivity index (χ0v) is 14.4. The first kappa shape index (κ1) is 15.8. The summed E-state index contributed by atoms with van der Waals surface area (Å²) in [6.07, 6.45) is 2.31. The summed E-state index contributed by atoms with van der Waals surface area (Å²) >= 11 is 6.09. The fourth-order valence-corrected chi connectivity index (χ4v) is 3.27. The minimum atomic E-state index is -0.283. The van der Waals surface area contributed by atoms with E-state index in [0.717, 1.165) is 29.1 Å². The van der Waals surface area contributed by atoms with Gasteiger partial charge in [0.05, 0.1) is 22.4 Å². The molecule has 25 heavy (non-hydrogen) atoms. The third-order valence-corrected chi connectivity index (χ3v) is 4.45. The van der Waals surface area contributed by atoms with Gasteiger partial charge in [-0.05, 0) is 49.4 Å². The quantitative estimate of drug-likeness (QED) is 0.536. The van der Waals surface area contributed by atoms with Crippen LogP contribution in [0.1, 0.15) is 18.4 Å². The molecule has 4 nitrogen and oxygen atoms in total. The zero-order valence-electron chi connectivity index (χ0n) is 13.7. The summed E-state index contributed by atoms with van der Waals surface area (Å²) in [6.45, 7) is 2.89. The third-order valence-electron chi connectivity index (χ3n) is 4.22. The second-order valence-corrected chi connectivity index (χ2v) is 6.23.